The van der Waals surface area contributed by atoms with Crippen LogP contribution in [0.2, 0.25) is 0 Å². The number of rotatable bonds is 5. The van der Waals surface area contributed by atoms with Crippen LogP contribution in [0.15, 0.2) is 42.5 Å². The molecule has 0 spiro atoms. The molecule has 2 amide bonds. The van der Waals surface area contributed by atoms with Crippen LogP contribution >= 0.6 is 0 Å². The molecule has 1 fully saturated rings. The molecule has 0 aliphatic carbocycles. The molecule has 2 heterocycles. The highest BCUT2D eigenvalue weighted by molar-refractivity contribution is 6.39. The fourth-order valence-electron chi connectivity index (χ4n) is 3.46. The highest BCUT2D eigenvalue weighted by atomic mass is 19.1. The van der Waals surface area contributed by atoms with Gasteiger partial charge in [-0.05, 0) is 29.8 Å². The second kappa shape index (κ2) is 9.10. The van der Waals surface area contributed by atoms with Crippen molar-refractivity contribution in [2.24, 2.45) is 0 Å². The summed E-state index contributed by atoms with van der Waals surface area (Å²) >= 11 is 0. The molecule has 2 aliphatic rings. The number of fused-ring (bicyclic) bond motifs is 1. The Balaban J connectivity index is 1.38. The topological polar surface area (TPSA) is 89.1 Å². The Bertz CT molecular complexity index is 915. The van der Waals surface area contributed by atoms with E-state index in [1.54, 1.807) is 30.3 Å². The molecule has 30 heavy (non-hydrogen) atoms. The lowest BCUT2D eigenvalue weighted by Gasteiger charge is -2.34. The fraction of sp³-hybridized carbons (Fsp3) is 0.333. The summed E-state index contributed by atoms with van der Waals surface area (Å²) in [5, 5.41) is 5.23. The number of benzene rings is 2. The van der Waals surface area contributed by atoms with Crippen molar-refractivity contribution < 1.29 is 28.2 Å². The van der Waals surface area contributed by atoms with E-state index in [4.69, 9.17) is 14.2 Å². The molecule has 1 saturated heterocycles. The molecule has 9 heteroatoms. The van der Waals surface area contributed by atoms with Gasteiger partial charge in [-0.25, -0.2) is 4.39 Å². The highest BCUT2D eigenvalue weighted by Gasteiger charge is 2.25. The van der Waals surface area contributed by atoms with Crippen molar-refractivity contribution in [2.45, 2.75) is 6.04 Å². The number of hydrogen-bond donors (Lipinski definition) is 2. The Morgan fingerprint density at radius 1 is 1.00 bits per heavy atom. The largest absolute Gasteiger partial charge is 0.454 e. The number of nitrogens with zero attached hydrogens (tertiary/aromatic N) is 1. The average molecular weight is 415 g/mol. The maximum atomic E-state index is 13.3. The first-order valence-electron chi connectivity index (χ1n) is 9.66. The number of morpholine rings is 1. The third kappa shape index (κ3) is 4.69. The zero-order valence-electron chi connectivity index (χ0n) is 16.2. The van der Waals surface area contributed by atoms with E-state index in [0.29, 0.717) is 43.5 Å². The summed E-state index contributed by atoms with van der Waals surface area (Å²) in [5.41, 5.74) is 1.29. The number of hydrogen-bond acceptors (Lipinski definition) is 6. The van der Waals surface area contributed by atoms with Crippen LogP contribution in [0.1, 0.15) is 11.6 Å². The number of carbonyl (C=O) groups excluding carboxylic acids is 2. The van der Waals surface area contributed by atoms with Crippen LogP contribution in [0.5, 0.6) is 11.5 Å². The van der Waals surface area contributed by atoms with Crippen molar-refractivity contribution in [3.63, 3.8) is 0 Å². The van der Waals surface area contributed by atoms with Crippen LogP contribution in [0.4, 0.5) is 10.1 Å². The van der Waals surface area contributed by atoms with E-state index in [1.165, 1.54) is 12.1 Å². The van der Waals surface area contributed by atoms with E-state index in [9.17, 15) is 14.0 Å². The molecule has 2 N–H and O–H groups in total. The summed E-state index contributed by atoms with van der Waals surface area (Å²) in [7, 11) is 0. The van der Waals surface area contributed by atoms with E-state index in [0.717, 1.165) is 5.56 Å². The lowest BCUT2D eigenvalue weighted by molar-refractivity contribution is -0.136. The van der Waals surface area contributed by atoms with Gasteiger partial charge in [0.15, 0.2) is 11.5 Å². The maximum Gasteiger partial charge on any atom is 0.313 e. The fourth-order valence-corrected chi connectivity index (χ4v) is 3.46. The number of amides is 2. The molecule has 0 saturated carbocycles. The summed E-state index contributed by atoms with van der Waals surface area (Å²) in [5.74, 6) is -0.768. The molecule has 1 atom stereocenters. The second-order valence-corrected chi connectivity index (χ2v) is 6.95. The molecule has 2 aliphatic heterocycles. The first-order valence-corrected chi connectivity index (χ1v) is 9.66. The first-order chi connectivity index (χ1) is 14.6. The summed E-state index contributed by atoms with van der Waals surface area (Å²) in [6.45, 7) is 2.85. The Morgan fingerprint density at radius 2 is 1.73 bits per heavy atom. The first kappa shape index (κ1) is 20.1. The van der Waals surface area contributed by atoms with Gasteiger partial charge < -0.3 is 24.8 Å². The molecular weight excluding hydrogens is 393 g/mol. The van der Waals surface area contributed by atoms with E-state index in [2.05, 4.69) is 15.5 Å². The lowest BCUT2D eigenvalue weighted by atomic mass is 10.0. The van der Waals surface area contributed by atoms with E-state index in [-0.39, 0.29) is 25.2 Å². The van der Waals surface area contributed by atoms with Crippen LogP contribution in [-0.2, 0) is 14.3 Å². The van der Waals surface area contributed by atoms with Crippen molar-refractivity contribution in [1.82, 2.24) is 10.2 Å². The van der Waals surface area contributed by atoms with Crippen molar-refractivity contribution in [3.8, 4) is 11.5 Å². The van der Waals surface area contributed by atoms with Gasteiger partial charge in [-0.3, -0.25) is 14.5 Å². The van der Waals surface area contributed by atoms with Crippen LogP contribution in [-0.4, -0.2) is 56.4 Å². The lowest BCUT2D eigenvalue weighted by Crippen LogP contribution is -2.45. The molecule has 0 radical (unpaired) electrons. The molecule has 8 nitrogen and oxygen atoms in total. The Labute approximate surface area is 172 Å². The minimum Gasteiger partial charge on any atom is -0.454 e. The quantitative estimate of drug-likeness (QED) is 0.723. The molecule has 0 unspecified atom stereocenters. The smallest absolute Gasteiger partial charge is 0.313 e. The summed E-state index contributed by atoms with van der Waals surface area (Å²) in [6.07, 6.45) is 0. The second-order valence-electron chi connectivity index (χ2n) is 6.95. The molecule has 4 rings (SSSR count). The molecule has 0 aromatic heterocycles. The van der Waals surface area contributed by atoms with E-state index >= 15 is 0 Å². The van der Waals surface area contributed by atoms with Crippen LogP contribution in [0, 0.1) is 5.82 Å². The van der Waals surface area contributed by atoms with Crippen molar-refractivity contribution in [2.75, 3.05) is 45.0 Å². The number of carbonyl (C=O) groups is 2. The Morgan fingerprint density at radius 3 is 2.50 bits per heavy atom. The number of halogens is 1. The molecule has 2 aromatic carbocycles. The van der Waals surface area contributed by atoms with Crippen molar-refractivity contribution in [3.05, 3.63) is 53.8 Å². The summed E-state index contributed by atoms with van der Waals surface area (Å²) in [6, 6.07) is 10.8. The van der Waals surface area contributed by atoms with Crippen LogP contribution < -0.4 is 20.1 Å². The zero-order chi connectivity index (χ0) is 20.9. The van der Waals surface area contributed by atoms with Crippen molar-refractivity contribution >= 4 is 17.5 Å². The monoisotopic (exact) mass is 415 g/mol. The normalized spacial score (nSPS) is 16.7. The van der Waals surface area contributed by atoms with E-state index in [1.807, 2.05) is 0 Å². The third-order valence-electron chi connectivity index (χ3n) is 5.03. The standard InChI is InChI=1S/C21H22FN3O5/c22-15-3-1-14(2-4-15)17(25-7-9-28-10-8-25)12-23-20(26)21(27)24-16-5-6-18-19(11-16)30-13-29-18/h1-6,11,17H,7-10,12-13H2,(H,23,26)(H,24,27)/t17-/m0/s1. The van der Waals surface area contributed by atoms with Crippen LogP contribution in [0.3, 0.4) is 0 Å². The van der Waals surface area contributed by atoms with Gasteiger partial charge in [0.1, 0.15) is 5.82 Å². The van der Waals surface area contributed by atoms with Gasteiger partial charge >= 0.3 is 11.8 Å². The predicted molar refractivity (Wildman–Crippen MR) is 106 cm³/mol. The van der Waals surface area contributed by atoms with Gasteiger partial charge in [-0.2, -0.15) is 0 Å². The van der Waals surface area contributed by atoms with Gasteiger partial charge in [-0.15, -0.1) is 0 Å². The van der Waals surface area contributed by atoms with Gasteiger partial charge in [0.2, 0.25) is 6.79 Å². The van der Waals surface area contributed by atoms with Crippen molar-refractivity contribution in [1.29, 1.82) is 0 Å². The predicted octanol–water partition coefficient (Wildman–Crippen LogP) is 1.68. The maximum absolute atomic E-state index is 13.3. The summed E-state index contributed by atoms with van der Waals surface area (Å²) < 4.78 is 29.2. The molecular formula is C21H22FN3O5. The van der Waals surface area contributed by atoms with Gasteiger partial charge in [-0.1, -0.05) is 12.1 Å². The molecule has 158 valence electrons. The average Bonchev–Trinajstić information content (AvgIpc) is 3.23. The van der Waals surface area contributed by atoms with Crippen LogP contribution in [0.25, 0.3) is 0 Å². The van der Waals surface area contributed by atoms with Gasteiger partial charge in [0.05, 0.1) is 19.3 Å². The molecule has 0 bridgehead atoms. The van der Waals surface area contributed by atoms with Gasteiger partial charge in [0.25, 0.3) is 0 Å². The zero-order valence-corrected chi connectivity index (χ0v) is 16.2. The number of ether oxygens (including phenoxy) is 3. The van der Waals surface area contributed by atoms with E-state index < -0.39 is 11.8 Å². The minimum absolute atomic E-state index is 0.125. The molecule has 2 aromatic rings. The SMILES string of the molecule is O=C(NC[C@@H](c1ccc(F)cc1)N1CCOCC1)C(=O)Nc1ccc2c(c1)OCO2. The Kier molecular flexibility index (Phi) is 6.10. The minimum atomic E-state index is -0.784. The number of anilines is 1. The Hall–Kier alpha value is -3.17. The number of nitrogens with one attached hydrogen (secondary N) is 2. The third-order valence-corrected chi connectivity index (χ3v) is 5.03. The highest BCUT2D eigenvalue weighted by Crippen LogP contribution is 2.34. The van der Waals surface area contributed by atoms with Gasteiger partial charge in [0, 0.05) is 31.4 Å². The summed E-state index contributed by atoms with van der Waals surface area (Å²) in [4.78, 5) is 26.8.